The standard InChI is InChI=1S/C13H13FN2O2/c1-13(7-18-8-13)6-16-12(17)10-2-9(5-15)3-11(14)4-10/h2-4H,6-8H2,1H3,(H,16,17). The third-order valence-electron chi connectivity index (χ3n) is 2.87. The van der Waals surface area contributed by atoms with Crippen LogP contribution in [0.5, 0.6) is 0 Å². The second-order valence-electron chi connectivity index (χ2n) is 4.83. The summed E-state index contributed by atoms with van der Waals surface area (Å²) in [6.45, 7) is 3.70. The van der Waals surface area contributed by atoms with E-state index < -0.39 is 5.82 Å². The predicted octanol–water partition coefficient (Wildman–Crippen LogP) is 1.46. The Morgan fingerprint density at radius 1 is 1.56 bits per heavy atom. The Morgan fingerprint density at radius 3 is 2.83 bits per heavy atom. The number of hydrogen-bond donors (Lipinski definition) is 1. The molecule has 5 heteroatoms. The summed E-state index contributed by atoms with van der Waals surface area (Å²) in [6, 6.07) is 5.41. The Morgan fingerprint density at radius 2 is 2.28 bits per heavy atom. The first kappa shape index (κ1) is 12.5. The number of nitriles is 1. The molecule has 0 spiro atoms. The van der Waals surface area contributed by atoms with E-state index in [0.717, 1.165) is 12.1 Å². The molecule has 1 aromatic carbocycles. The number of ether oxygens (including phenoxy) is 1. The molecule has 0 saturated carbocycles. The first-order chi connectivity index (χ1) is 8.52. The van der Waals surface area contributed by atoms with Crippen LogP contribution in [0.25, 0.3) is 0 Å². The highest BCUT2D eigenvalue weighted by Gasteiger charge is 2.33. The summed E-state index contributed by atoms with van der Waals surface area (Å²) < 4.78 is 18.3. The van der Waals surface area contributed by atoms with Crippen LogP contribution in [0.15, 0.2) is 18.2 Å². The Hall–Kier alpha value is -1.93. The molecule has 1 aromatic rings. The van der Waals surface area contributed by atoms with Crippen LogP contribution < -0.4 is 5.32 Å². The van der Waals surface area contributed by atoms with E-state index in [2.05, 4.69) is 5.32 Å². The molecular weight excluding hydrogens is 235 g/mol. The summed E-state index contributed by atoms with van der Waals surface area (Å²) in [4.78, 5) is 11.8. The van der Waals surface area contributed by atoms with Crippen molar-refractivity contribution in [1.82, 2.24) is 5.32 Å². The zero-order chi connectivity index (χ0) is 13.2. The molecule has 2 rings (SSSR count). The number of nitrogens with one attached hydrogen (secondary N) is 1. The largest absolute Gasteiger partial charge is 0.380 e. The number of carbonyl (C=O) groups is 1. The molecule has 1 N–H and O–H groups in total. The number of benzene rings is 1. The molecule has 1 saturated heterocycles. The minimum atomic E-state index is -0.586. The molecular formula is C13H13FN2O2. The summed E-state index contributed by atoms with van der Waals surface area (Å²) in [5.41, 5.74) is 0.259. The van der Waals surface area contributed by atoms with Gasteiger partial charge in [0.2, 0.25) is 0 Å². The zero-order valence-electron chi connectivity index (χ0n) is 10.00. The summed E-state index contributed by atoms with van der Waals surface area (Å²) >= 11 is 0. The van der Waals surface area contributed by atoms with Gasteiger partial charge in [0.05, 0.1) is 24.8 Å². The third kappa shape index (κ3) is 2.66. The maximum Gasteiger partial charge on any atom is 0.251 e. The molecule has 1 aliphatic rings. The van der Waals surface area contributed by atoms with Crippen molar-refractivity contribution in [3.05, 3.63) is 35.1 Å². The second kappa shape index (κ2) is 4.75. The van der Waals surface area contributed by atoms with Gasteiger partial charge < -0.3 is 10.1 Å². The molecule has 1 aliphatic heterocycles. The molecule has 1 fully saturated rings. The molecule has 0 atom stereocenters. The molecule has 0 unspecified atom stereocenters. The Bertz CT molecular complexity index is 518. The molecule has 1 amide bonds. The van der Waals surface area contributed by atoms with Gasteiger partial charge in [-0.1, -0.05) is 6.92 Å². The van der Waals surface area contributed by atoms with Gasteiger partial charge in [-0.25, -0.2) is 4.39 Å². The normalized spacial score (nSPS) is 16.5. The van der Waals surface area contributed by atoms with Gasteiger partial charge in [-0.3, -0.25) is 4.79 Å². The van der Waals surface area contributed by atoms with Crippen molar-refractivity contribution in [1.29, 1.82) is 5.26 Å². The minimum absolute atomic E-state index is 0.0406. The fraction of sp³-hybridized carbons (Fsp3) is 0.385. The van der Waals surface area contributed by atoms with Gasteiger partial charge in [-0.15, -0.1) is 0 Å². The summed E-state index contributed by atoms with van der Waals surface area (Å²) in [5, 5.41) is 11.4. The van der Waals surface area contributed by atoms with Gasteiger partial charge in [0.15, 0.2) is 0 Å². The number of carbonyl (C=O) groups excluding carboxylic acids is 1. The maximum atomic E-state index is 13.2. The van der Waals surface area contributed by atoms with Gasteiger partial charge >= 0.3 is 0 Å². The number of hydrogen-bond acceptors (Lipinski definition) is 3. The maximum absolute atomic E-state index is 13.2. The molecule has 0 aliphatic carbocycles. The highest BCUT2D eigenvalue weighted by molar-refractivity contribution is 5.94. The zero-order valence-corrected chi connectivity index (χ0v) is 10.00. The second-order valence-corrected chi connectivity index (χ2v) is 4.83. The van der Waals surface area contributed by atoms with E-state index >= 15 is 0 Å². The highest BCUT2D eigenvalue weighted by atomic mass is 19.1. The van der Waals surface area contributed by atoms with Crippen molar-refractivity contribution < 1.29 is 13.9 Å². The summed E-state index contributed by atoms with van der Waals surface area (Å²) in [5.74, 6) is -0.962. The van der Waals surface area contributed by atoms with Gasteiger partial charge in [0.1, 0.15) is 5.82 Å². The molecule has 1 heterocycles. The number of halogens is 1. The van der Waals surface area contributed by atoms with Crippen LogP contribution in [0.3, 0.4) is 0 Å². The number of amides is 1. The van der Waals surface area contributed by atoms with Crippen LogP contribution in [0.4, 0.5) is 4.39 Å². The average molecular weight is 248 g/mol. The van der Waals surface area contributed by atoms with Crippen molar-refractivity contribution >= 4 is 5.91 Å². The van der Waals surface area contributed by atoms with Crippen LogP contribution in [0.2, 0.25) is 0 Å². The lowest BCUT2D eigenvalue weighted by molar-refractivity contribution is -0.0978. The summed E-state index contributed by atoms with van der Waals surface area (Å²) in [7, 11) is 0. The first-order valence-electron chi connectivity index (χ1n) is 5.59. The Kier molecular flexibility index (Phi) is 3.30. The quantitative estimate of drug-likeness (QED) is 0.881. The molecule has 0 aromatic heterocycles. The minimum Gasteiger partial charge on any atom is -0.380 e. The van der Waals surface area contributed by atoms with E-state index in [4.69, 9.17) is 10.00 Å². The SMILES string of the molecule is CC1(CNC(=O)c2cc(F)cc(C#N)c2)COC1. The monoisotopic (exact) mass is 248 g/mol. The van der Waals surface area contributed by atoms with Crippen LogP contribution in [0.1, 0.15) is 22.8 Å². The lowest BCUT2D eigenvalue weighted by Crippen LogP contribution is -2.48. The topological polar surface area (TPSA) is 62.1 Å². The van der Waals surface area contributed by atoms with Crippen molar-refractivity contribution in [2.24, 2.45) is 5.41 Å². The number of rotatable bonds is 3. The van der Waals surface area contributed by atoms with Crippen molar-refractivity contribution in [3.63, 3.8) is 0 Å². The average Bonchev–Trinajstić information content (AvgIpc) is 2.32. The van der Waals surface area contributed by atoms with E-state index in [9.17, 15) is 9.18 Å². The smallest absolute Gasteiger partial charge is 0.251 e. The fourth-order valence-corrected chi connectivity index (χ4v) is 1.73. The van der Waals surface area contributed by atoms with E-state index in [1.54, 1.807) is 0 Å². The highest BCUT2D eigenvalue weighted by Crippen LogP contribution is 2.25. The Balaban J connectivity index is 2.04. The molecule has 94 valence electrons. The predicted molar refractivity (Wildman–Crippen MR) is 62.4 cm³/mol. The van der Waals surface area contributed by atoms with Crippen LogP contribution >= 0.6 is 0 Å². The van der Waals surface area contributed by atoms with E-state index in [-0.39, 0.29) is 22.4 Å². The fourth-order valence-electron chi connectivity index (χ4n) is 1.73. The van der Waals surface area contributed by atoms with Crippen molar-refractivity contribution in [3.8, 4) is 6.07 Å². The third-order valence-corrected chi connectivity index (χ3v) is 2.87. The molecule has 0 bridgehead atoms. The number of nitrogens with zero attached hydrogens (tertiary/aromatic N) is 1. The van der Waals surface area contributed by atoms with E-state index in [0.29, 0.717) is 19.8 Å². The lowest BCUT2D eigenvalue weighted by atomic mass is 9.88. The molecule has 0 radical (unpaired) electrons. The van der Waals surface area contributed by atoms with Crippen molar-refractivity contribution in [2.75, 3.05) is 19.8 Å². The van der Waals surface area contributed by atoms with Gasteiger partial charge in [0.25, 0.3) is 5.91 Å². The van der Waals surface area contributed by atoms with Crippen LogP contribution in [0, 0.1) is 22.6 Å². The Labute approximate surface area is 104 Å². The van der Waals surface area contributed by atoms with Crippen LogP contribution in [-0.2, 0) is 4.74 Å². The lowest BCUT2D eigenvalue weighted by Gasteiger charge is -2.38. The van der Waals surface area contributed by atoms with Crippen molar-refractivity contribution in [2.45, 2.75) is 6.92 Å². The first-order valence-corrected chi connectivity index (χ1v) is 5.59. The molecule has 18 heavy (non-hydrogen) atoms. The van der Waals surface area contributed by atoms with Crippen LogP contribution in [-0.4, -0.2) is 25.7 Å². The summed E-state index contributed by atoms with van der Waals surface area (Å²) in [6.07, 6.45) is 0. The van der Waals surface area contributed by atoms with E-state index in [1.807, 2.05) is 13.0 Å². The van der Waals surface area contributed by atoms with E-state index in [1.165, 1.54) is 6.07 Å². The van der Waals surface area contributed by atoms with Gasteiger partial charge in [-0.2, -0.15) is 5.26 Å². The molecule has 4 nitrogen and oxygen atoms in total. The van der Waals surface area contributed by atoms with Gasteiger partial charge in [-0.05, 0) is 18.2 Å². The van der Waals surface area contributed by atoms with Gasteiger partial charge in [0, 0.05) is 17.5 Å².